The van der Waals surface area contributed by atoms with E-state index in [1.165, 1.54) is 10.9 Å². The van der Waals surface area contributed by atoms with Gasteiger partial charge in [0.15, 0.2) is 6.23 Å². The number of anilines is 1. The quantitative estimate of drug-likeness (QED) is 0.231. The highest BCUT2D eigenvalue weighted by Crippen LogP contribution is 2.37. The minimum absolute atomic E-state index is 0.134. The van der Waals surface area contributed by atoms with Crippen LogP contribution in [0, 0.1) is 0 Å². The number of benzene rings is 3. The summed E-state index contributed by atoms with van der Waals surface area (Å²) in [5.74, 6) is -0.412. The Morgan fingerprint density at radius 2 is 1.37 bits per heavy atom. The van der Waals surface area contributed by atoms with Crippen molar-refractivity contribution in [2.45, 2.75) is 51.3 Å². The summed E-state index contributed by atoms with van der Waals surface area (Å²) in [6.45, 7) is 3.30. The molecule has 1 fully saturated rings. The standard InChI is InChI=1S/C32H35N3O6/c1-2-38-32(36)26-18-34-35(30(26)33)31-29(40-21-25-16-10-5-11-17-25)28(39-20-24-14-8-4-9-15-24)27(41-31)22-37-19-23-12-6-3-7-13-23/h3-18,27-29,31H,2,19-22,33H2,1H3/t27-,28-,29-,31?/m1/s1. The fraction of sp³-hybridized carbons (Fsp3) is 0.312. The van der Waals surface area contributed by atoms with Crippen LogP contribution in [0.15, 0.2) is 97.2 Å². The molecule has 0 amide bonds. The highest BCUT2D eigenvalue weighted by molar-refractivity contribution is 5.94. The lowest BCUT2D eigenvalue weighted by atomic mass is 10.1. The molecule has 0 radical (unpaired) electrons. The molecule has 0 spiro atoms. The van der Waals surface area contributed by atoms with Gasteiger partial charge in [-0.3, -0.25) is 0 Å². The number of aromatic nitrogens is 2. The Hall–Kier alpha value is -4.02. The summed E-state index contributed by atoms with van der Waals surface area (Å²) in [5, 5.41) is 4.41. The number of nitrogen functional groups attached to an aromatic ring is 1. The van der Waals surface area contributed by atoms with Crippen molar-refractivity contribution in [3.8, 4) is 0 Å². The molecule has 5 rings (SSSR count). The van der Waals surface area contributed by atoms with Crippen molar-refractivity contribution in [3.63, 3.8) is 0 Å². The second-order valence-electron chi connectivity index (χ2n) is 9.70. The van der Waals surface area contributed by atoms with Gasteiger partial charge in [0.05, 0.1) is 39.2 Å². The van der Waals surface area contributed by atoms with Crippen LogP contribution in [0.1, 0.15) is 40.2 Å². The number of carbonyl (C=O) groups excluding carboxylic acids is 1. The van der Waals surface area contributed by atoms with Gasteiger partial charge < -0.3 is 29.4 Å². The second-order valence-corrected chi connectivity index (χ2v) is 9.70. The highest BCUT2D eigenvalue weighted by Gasteiger charge is 2.48. The zero-order valence-electron chi connectivity index (χ0n) is 23.0. The van der Waals surface area contributed by atoms with E-state index in [0.717, 1.165) is 16.7 Å². The van der Waals surface area contributed by atoms with Crippen LogP contribution in [0.3, 0.4) is 0 Å². The molecule has 0 bridgehead atoms. The van der Waals surface area contributed by atoms with Gasteiger partial charge in [0, 0.05) is 0 Å². The maximum atomic E-state index is 12.5. The van der Waals surface area contributed by atoms with E-state index in [1.54, 1.807) is 6.92 Å². The molecule has 214 valence electrons. The van der Waals surface area contributed by atoms with E-state index >= 15 is 0 Å². The molecule has 0 saturated carbocycles. The van der Waals surface area contributed by atoms with E-state index in [2.05, 4.69) is 5.10 Å². The Morgan fingerprint density at radius 3 is 1.93 bits per heavy atom. The Bertz CT molecular complexity index is 1370. The molecule has 4 aromatic rings. The Morgan fingerprint density at radius 1 is 0.829 bits per heavy atom. The summed E-state index contributed by atoms with van der Waals surface area (Å²) in [5.41, 5.74) is 9.65. The molecule has 9 heteroatoms. The summed E-state index contributed by atoms with van der Waals surface area (Å²) in [4.78, 5) is 12.5. The molecule has 9 nitrogen and oxygen atoms in total. The first-order chi connectivity index (χ1) is 20.1. The van der Waals surface area contributed by atoms with Gasteiger partial charge in [-0.25, -0.2) is 9.48 Å². The van der Waals surface area contributed by atoms with Gasteiger partial charge in [-0.1, -0.05) is 91.0 Å². The second kappa shape index (κ2) is 14.0. The SMILES string of the molecule is CCOC(=O)c1cnn(C2O[C@H](COCc3ccccc3)[C@@H](OCc3ccccc3)[C@H]2OCc2ccccc2)c1N. The van der Waals surface area contributed by atoms with Crippen molar-refractivity contribution in [1.82, 2.24) is 9.78 Å². The molecule has 41 heavy (non-hydrogen) atoms. The van der Waals surface area contributed by atoms with E-state index in [9.17, 15) is 4.79 Å². The Kier molecular flexibility index (Phi) is 9.77. The van der Waals surface area contributed by atoms with Crippen molar-refractivity contribution in [1.29, 1.82) is 0 Å². The van der Waals surface area contributed by atoms with Crippen molar-refractivity contribution < 1.29 is 28.5 Å². The minimum Gasteiger partial charge on any atom is -0.462 e. The molecule has 1 aliphatic heterocycles. The third kappa shape index (κ3) is 7.20. The fourth-order valence-electron chi connectivity index (χ4n) is 4.76. The van der Waals surface area contributed by atoms with Gasteiger partial charge in [-0.15, -0.1) is 0 Å². The smallest absolute Gasteiger partial charge is 0.343 e. The lowest BCUT2D eigenvalue weighted by Gasteiger charge is -2.25. The van der Waals surface area contributed by atoms with Crippen molar-refractivity contribution in [2.75, 3.05) is 18.9 Å². The van der Waals surface area contributed by atoms with Crippen molar-refractivity contribution >= 4 is 11.8 Å². The monoisotopic (exact) mass is 557 g/mol. The molecule has 2 heterocycles. The minimum atomic E-state index is -0.770. The molecule has 0 aliphatic carbocycles. The number of carbonyl (C=O) groups is 1. The average molecular weight is 558 g/mol. The van der Waals surface area contributed by atoms with Crippen LogP contribution < -0.4 is 5.73 Å². The van der Waals surface area contributed by atoms with E-state index in [0.29, 0.717) is 19.8 Å². The van der Waals surface area contributed by atoms with Crippen LogP contribution in [-0.4, -0.2) is 47.3 Å². The van der Waals surface area contributed by atoms with Crippen LogP contribution in [0.2, 0.25) is 0 Å². The molecule has 1 aromatic heterocycles. The third-order valence-electron chi connectivity index (χ3n) is 6.82. The van der Waals surface area contributed by atoms with Crippen molar-refractivity contribution in [3.05, 3.63) is 119 Å². The maximum Gasteiger partial charge on any atom is 0.343 e. The van der Waals surface area contributed by atoms with Crippen molar-refractivity contribution in [2.24, 2.45) is 0 Å². The number of nitrogens with two attached hydrogens (primary N) is 1. The van der Waals surface area contributed by atoms with Gasteiger partial charge in [-0.05, 0) is 23.6 Å². The van der Waals surface area contributed by atoms with Gasteiger partial charge >= 0.3 is 5.97 Å². The molecule has 1 aliphatic rings. The number of hydrogen-bond donors (Lipinski definition) is 1. The summed E-state index contributed by atoms with van der Waals surface area (Å²) >= 11 is 0. The molecule has 3 aromatic carbocycles. The Labute approximate surface area is 239 Å². The van der Waals surface area contributed by atoms with Crippen LogP contribution in [0.25, 0.3) is 0 Å². The van der Waals surface area contributed by atoms with Crippen LogP contribution in [0.5, 0.6) is 0 Å². The van der Waals surface area contributed by atoms with Gasteiger partial charge in [0.25, 0.3) is 0 Å². The summed E-state index contributed by atoms with van der Waals surface area (Å²) in [6, 6.07) is 29.7. The summed E-state index contributed by atoms with van der Waals surface area (Å²) < 4.78 is 32.2. The predicted molar refractivity (Wildman–Crippen MR) is 153 cm³/mol. The lowest BCUT2D eigenvalue weighted by molar-refractivity contribution is -0.0928. The summed E-state index contributed by atoms with van der Waals surface area (Å²) in [7, 11) is 0. The van der Waals surface area contributed by atoms with E-state index < -0.39 is 30.5 Å². The lowest BCUT2D eigenvalue weighted by Crippen LogP contribution is -2.38. The molecular weight excluding hydrogens is 522 g/mol. The van der Waals surface area contributed by atoms with Crippen LogP contribution >= 0.6 is 0 Å². The fourth-order valence-corrected chi connectivity index (χ4v) is 4.76. The summed E-state index contributed by atoms with van der Waals surface area (Å²) in [6.07, 6.45) is -1.00. The van der Waals surface area contributed by atoms with E-state index in [4.69, 9.17) is 29.4 Å². The first kappa shape index (κ1) is 28.5. The molecule has 2 N–H and O–H groups in total. The number of ether oxygens (including phenoxy) is 5. The number of nitrogens with zero attached hydrogens (tertiary/aromatic N) is 2. The van der Waals surface area contributed by atoms with E-state index in [1.807, 2.05) is 91.0 Å². The topological polar surface area (TPSA) is 107 Å². The number of hydrogen-bond acceptors (Lipinski definition) is 8. The largest absolute Gasteiger partial charge is 0.462 e. The Balaban J connectivity index is 1.41. The molecular formula is C32H35N3O6. The zero-order valence-corrected chi connectivity index (χ0v) is 23.0. The van der Waals surface area contributed by atoms with Gasteiger partial charge in [-0.2, -0.15) is 5.10 Å². The number of rotatable bonds is 13. The predicted octanol–water partition coefficient (Wildman–Crippen LogP) is 4.93. The highest BCUT2D eigenvalue weighted by atomic mass is 16.6. The molecule has 1 unspecified atom stereocenters. The first-order valence-corrected chi connectivity index (χ1v) is 13.7. The normalized spacial score (nSPS) is 20.2. The number of esters is 1. The van der Waals surface area contributed by atoms with E-state index in [-0.39, 0.29) is 24.6 Å². The van der Waals surface area contributed by atoms with Gasteiger partial charge in [0.2, 0.25) is 0 Å². The molecule has 1 saturated heterocycles. The van der Waals surface area contributed by atoms with Crippen LogP contribution in [-0.2, 0) is 43.5 Å². The maximum absolute atomic E-state index is 12.5. The molecule has 4 atom stereocenters. The van der Waals surface area contributed by atoms with Crippen LogP contribution in [0.4, 0.5) is 5.82 Å². The zero-order chi connectivity index (χ0) is 28.4. The first-order valence-electron chi connectivity index (χ1n) is 13.7. The van der Waals surface area contributed by atoms with Gasteiger partial charge in [0.1, 0.15) is 29.7 Å². The third-order valence-corrected chi connectivity index (χ3v) is 6.82. The average Bonchev–Trinajstić information content (AvgIpc) is 3.56.